The molecule has 2 fully saturated rings. The zero-order chi connectivity index (χ0) is 14.3. The molecule has 0 saturated carbocycles. The second kappa shape index (κ2) is 7.99. The van der Waals surface area contributed by atoms with E-state index in [0.717, 1.165) is 38.9 Å². The Bertz CT molecular complexity index is 300. The molecule has 0 aromatic heterocycles. The Kier molecular flexibility index (Phi) is 6.30. The van der Waals surface area contributed by atoms with Gasteiger partial charge in [-0.15, -0.1) is 0 Å². The van der Waals surface area contributed by atoms with Crippen molar-refractivity contribution in [3.05, 3.63) is 0 Å². The molecule has 1 N–H and O–H groups in total. The van der Waals surface area contributed by atoms with Gasteiger partial charge >= 0.3 is 0 Å². The Morgan fingerprint density at radius 1 is 1.25 bits per heavy atom. The summed E-state index contributed by atoms with van der Waals surface area (Å²) in [6.07, 6.45) is 9.46. The zero-order valence-corrected chi connectivity index (χ0v) is 12.8. The monoisotopic (exact) mass is 283 g/mol. The first-order valence-corrected chi connectivity index (χ1v) is 8.25. The molecule has 0 bridgehead atoms. The lowest BCUT2D eigenvalue weighted by Gasteiger charge is -2.37. The Labute approximate surface area is 122 Å². The van der Waals surface area contributed by atoms with Crippen LogP contribution in [0.2, 0.25) is 0 Å². The first-order chi connectivity index (χ1) is 9.74. The molecule has 20 heavy (non-hydrogen) atoms. The fourth-order valence-corrected chi connectivity index (χ4v) is 3.20. The molecule has 1 spiro atoms. The lowest BCUT2D eigenvalue weighted by atomic mass is 9.89. The zero-order valence-electron chi connectivity index (χ0n) is 12.8. The molecule has 2 rings (SSSR count). The van der Waals surface area contributed by atoms with E-state index >= 15 is 0 Å². The molecular weight excluding hydrogens is 254 g/mol. The molecule has 0 aliphatic carbocycles. The van der Waals surface area contributed by atoms with Gasteiger partial charge in [-0.05, 0) is 19.3 Å². The van der Waals surface area contributed by atoms with Crippen molar-refractivity contribution in [2.45, 2.75) is 76.4 Å². The summed E-state index contributed by atoms with van der Waals surface area (Å²) < 4.78 is 11.3. The Balaban J connectivity index is 1.63. The third-order valence-electron chi connectivity index (χ3n) is 4.43. The van der Waals surface area contributed by atoms with Crippen LogP contribution in [0.25, 0.3) is 0 Å². The average Bonchev–Trinajstić information content (AvgIpc) is 2.86. The molecule has 0 radical (unpaired) electrons. The third-order valence-corrected chi connectivity index (χ3v) is 4.43. The largest absolute Gasteiger partial charge is 0.378 e. The number of amides is 1. The molecule has 2 heterocycles. The lowest BCUT2D eigenvalue weighted by molar-refractivity contribution is -0.125. The highest BCUT2D eigenvalue weighted by atomic mass is 16.6. The quantitative estimate of drug-likeness (QED) is 0.731. The molecule has 2 aliphatic heterocycles. The Morgan fingerprint density at radius 3 is 2.85 bits per heavy atom. The standard InChI is InChI=1S/C16H29NO3/c1-2-3-4-5-6-7-15(18)17-14-8-10-20-16(12-14)9-11-19-13-16/h14H,2-13H2,1H3,(H,17,18)/t14-,16+/m0/s1. The minimum atomic E-state index is -0.114. The van der Waals surface area contributed by atoms with E-state index in [4.69, 9.17) is 9.47 Å². The van der Waals surface area contributed by atoms with Crippen molar-refractivity contribution in [1.82, 2.24) is 5.32 Å². The van der Waals surface area contributed by atoms with Gasteiger partial charge in [0.25, 0.3) is 0 Å². The van der Waals surface area contributed by atoms with Gasteiger partial charge in [0.15, 0.2) is 0 Å². The number of carbonyl (C=O) groups is 1. The van der Waals surface area contributed by atoms with Gasteiger partial charge in [-0.2, -0.15) is 0 Å². The van der Waals surface area contributed by atoms with Gasteiger partial charge in [0.2, 0.25) is 5.91 Å². The SMILES string of the molecule is CCCCCCCC(=O)N[C@H]1CCO[C@]2(CCOC2)C1. The van der Waals surface area contributed by atoms with Crippen molar-refractivity contribution in [2.24, 2.45) is 0 Å². The van der Waals surface area contributed by atoms with Crippen molar-refractivity contribution in [1.29, 1.82) is 0 Å². The van der Waals surface area contributed by atoms with E-state index in [1.165, 1.54) is 25.7 Å². The highest BCUT2D eigenvalue weighted by Crippen LogP contribution is 2.32. The summed E-state index contributed by atoms with van der Waals surface area (Å²) in [5, 5.41) is 3.19. The molecular formula is C16H29NO3. The molecule has 1 amide bonds. The summed E-state index contributed by atoms with van der Waals surface area (Å²) in [6, 6.07) is 0.272. The molecule has 116 valence electrons. The van der Waals surface area contributed by atoms with Crippen LogP contribution in [0.4, 0.5) is 0 Å². The van der Waals surface area contributed by atoms with Gasteiger partial charge in [-0.25, -0.2) is 0 Å². The third kappa shape index (κ3) is 4.74. The van der Waals surface area contributed by atoms with E-state index in [1.54, 1.807) is 0 Å². The van der Waals surface area contributed by atoms with E-state index in [-0.39, 0.29) is 17.6 Å². The van der Waals surface area contributed by atoms with Gasteiger partial charge < -0.3 is 14.8 Å². The van der Waals surface area contributed by atoms with Crippen LogP contribution in [-0.2, 0) is 14.3 Å². The topological polar surface area (TPSA) is 47.6 Å². The summed E-state index contributed by atoms with van der Waals surface area (Å²) in [4.78, 5) is 12.0. The Hall–Kier alpha value is -0.610. The van der Waals surface area contributed by atoms with Crippen LogP contribution in [-0.4, -0.2) is 37.4 Å². The van der Waals surface area contributed by atoms with E-state index < -0.39 is 0 Å². The summed E-state index contributed by atoms with van der Waals surface area (Å²) in [5.41, 5.74) is -0.114. The molecule has 0 aromatic rings. The average molecular weight is 283 g/mol. The van der Waals surface area contributed by atoms with Crippen molar-refractivity contribution in [3.63, 3.8) is 0 Å². The van der Waals surface area contributed by atoms with Crippen molar-refractivity contribution in [3.8, 4) is 0 Å². The second-order valence-corrected chi connectivity index (χ2v) is 6.26. The number of ether oxygens (including phenoxy) is 2. The highest BCUT2D eigenvalue weighted by molar-refractivity contribution is 5.76. The maximum atomic E-state index is 12.0. The van der Waals surface area contributed by atoms with Gasteiger partial charge in [0, 0.05) is 32.1 Å². The van der Waals surface area contributed by atoms with Crippen LogP contribution in [0.15, 0.2) is 0 Å². The first-order valence-electron chi connectivity index (χ1n) is 8.25. The number of carbonyl (C=O) groups excluding carboxylic acids is 1. The molecule has 4 heteroatoms. The summed E-state index contributed by atoms with van der Waals surface area (Å²) in [7, 11) is 0. The van der Waals surface area contributed by atoms with Crippen molar-refractivity contribution >= 4 is 5.91 Å². The number of hydrogen-bond acceptors (Lipinski definition) is 3. The maximum absolute atomic E-state index is 12.0. The van der Waals surface area contributed by atoms with Crippen LogP contribution in [0.3, 0.4) is 0 Å². The van der Waals surface area contributed by atoms with Gasteiger partial charge in [-0.3, -0.25) is 4.79 Å². The van der Waals surface area contributed by atoms with Crippen LogP contribution < -0.4 is 5.32 Å². The Morgan fingerprint density at radius 2 is 2.10 bits per heavy atom. The van der Waals surface area contributed by atoms with Crippen LogP contribution >= 0.6 is 0 Å². The number of rotatable bonds is 7. The van der Waals surface area contributed by atoms with Crippen LogP contribution in [0, 0.1) is 0 Å². The van der Waals surface area contributed by atoms with E-state index in [0.29, 0.717) is 13.0 Å². The van der Waals surface area contributed by atoms with E-state index in [2.05, 4.69) is 12.2 Å². The van der Waals surface area contributed by atoms with Gasteiger partial charge in [0.05, 0.1) is 12.2 Å². The molecule has 4 nitrogen and oxygen atoms in total. The number of unbranched alkanes of at least 4 members (excludes halogenated alkanes) is 4. The number of nitrogens with one attached hydrogen (secondary N) is 1. The van der Waals surface area contributed by atoms with Gasteiger partial charge in [-0.1, -0.05) is 32.6 Å². The van der Waals surface area contributed by atoms with E-state index in [9.17, 15) is 4.79 Å². The minimum Gasteiger partial charge on any atom is -0.378 e. The summed E-state index contributed by atoms with van der Waals surface area (Å²) in [5.74, 6) is 0.211. The van der Waals surface area contributed by atoms with Crippen LogP contribution in [0.1, 0.15) is 64.7 Å². The van der Waals surface area contributed by atoms with Gasteiger partial charge in [0.1, 0.15) is 0 Å². The minimum absolute atomic E-state index is 0.114. The molecule has 2 atom stereocenters. The molecule has 2 saturated heterocycles. The molecule has 2 aliphatic rings. The normalized spacial score (nSPS) is 29.8. The molecule has 0 unspecified atom stereocenters. The lowest BCUT2D eigenvalue weighted by Crippen LogP contribution is -2.49. The summed E-state index contributed by atoms with van der Waals surface area (Å²) in [6.45, 7) is 4.43. The first kappa shape index (κ1) is 15.8. The second-order valence-electron chi connectivity index (χ2n) is 6.26. The smallest absolute Gasteiger partial charge is 0.220 e. The van der Waals surface area contributed by atoms with E-state index in [1.807, 2.05) is 0 Å². The van der Waals surface area contributed by atoms with Crippen molar-refractivity contribution in [2.75, 3.05) is 19.8 Å². The maximum Gasteiger partial charge on any atom is 0.220 e. The predicted octanol–water partition coefficient (Wildman–Crippen LogP) is 2.80. The number of hydrogen-bond donors (Lipinski definition) is 1. The highest BCUT2D eigenvalue weighted by Gasteiger charge is 2.41. The molecule has 0 aromatic carbocycles. The summed E-state index contributed by atoms with van der Waals surface area (Å²) >= 11 is 0. The fourth-order valence-electron chi connectivity index (χ4n) is 3.20. The predicted molar refractivity (Wildman–Crippen MR) is 78.7 cm³/mol. The fraction of sp³-hybridized carbons (Fsp3) is 0.938. The van der Waals surface area contributed by atoms with Crippen molar-refractivity contribution < 1.29 is 14.3 Å². The van der Waals surface area contributed by atoms with Crippen LogP contribution in [0.5, 0.6) is 0 Å².